The third-order valence-corrected chi connectivity index (χ3v) is 8.03. The number of rotatable bonds is 6. The van der Waals surface area contributed by atoms with Gasteiger partial charge in [0, 0.05) is 11.5 Å². The number of hydrogen-bond acceptors (Lipinski definition) is 0. The number of allylic oxidation sites excluding steroid dienone is 1. The molecule has 4 aromatic rings. The largest absolute Gasteiger partial charge is 0.458 e. The monoisotopic (exact) mass is 580 g/mol. The Labute approximate surface area is 239 Å². The number of alkyl halides is 3. The van der Waals surface area contributed by atoms with Crippen molar-refractivity contribution in [1.29, 1.82) is 0 Å². The van der Waals surface area contributed by atoms with Gasteiger partial charge < -0.3 is 0 Å². The Kier molecular flexibility index (Phi) is 8.45. The standard InChI is InChI=1S/C35H27F7/c1-2-3-4-21-5-7-22(8-6-21)23-9-11-24(12-10-23)25-13-14-28(30(36)18-25)26-17-27-20-31(37)29(15-16-35(40,41)42)34(39)33(27)32(38)19-26/h2,9-14,17-22H,1,3-8H2. The molecule has 7 heteroatoms. The fourth-order valence-electron chi connectivity index (χ4n) is 5.83. The van der Waals surface area contributed by atoms with Crippen molar-refractivity contribution in [2.45, 2.75) is 50.6 Å². The summed E-state index contributed by atoms with van der Waals surface area (Å²) in [5.74, 6) is -1.33. The first-order chi connectivity index (χ1) is 20.0. The van der Waals surface area contributed by atoms with Crippen LogP contribution < -0.4 is 0 Å². The highest BCUT2D eigenvalue weighted by Gasteiger charge is 2.25. The summed E-state index contributed by atoms with van der Waals surface area (Å²) in [7, 11) is 0. The van der Waals surface area contributed by atoms with E-state index in [-0.39, 0.29) is 16.5 Å². The summed E-state index contributed by atoms with van der Waals surface area (Å²) in [6, 6.07) is 15.2. The first-order valence-electron chi connectivity index (χ1n) is 13.8. The summed E-state index contributed by atoms with van der Waals surface area (Å²) in [6.45, 7) is 3.81. The third-order valence-electron chi connectivity index (χ3n) is 8.03. The molecule has 0 heterocycles. The molecule has 216 valence electrons. The quantitative estimate of drug-likeness (QED) is 0.121. The molecule has 0 unspecified atom stereocenters. The van der Waals surface area contributed by atoms with E-state index in [1.165, 1.54) is 48.9 Å². The molecule has 1 aliphatic carbocycles. The number of benzene rings is 4. The number of fused-ring (bicyclic) bond motifs is 1. The molecule has 0 aromatic heterocycles. The van der Waals surface area contributed by atoms with Gasteiger partial charge in [0.05, 0.1) is 10.9 Å². The zero-order chi connectivity index (χ0) is 30.0. The van der Waals surface area contributed by atoms with Crippen LogP contribution in [-0.4, -0.2) is 6.18 Å². The molecule has 4 aromatic carbocycles. The lowest BCUT2D eigenvalue weighted by atomic mass is 9.77. The molecule has 0 nitrogen and oxygen atoms in total. The van der Waals surface area contributed by atoms with Gasteiger partial charge in [0.2, 0.25) is 0 Å². The molecular weight excluding hydrogens is 553 g/mol. The Morgan fingerprint density at radius 1 is 0.762 bits per heavy atom. The molecule has 0 bridgehead atoms. The minimum atomic E-state index is -4.98. The fraction of sp³-hybridized carbons (Fsp3) is 0.257. The normalized spacial score (nSPS) is 17.1. The van der Waals surface area contributed by atoms with Crippen LogP contribution in [0.15, 0.2) is 73.3 Å². The van der Waals surface area contributed by atoms with Crippen molar-refractivity contribution in [1.82, 2.24) is 0 Å². The second kappa shape index (κ2) is 12.1. The van der Waals surface area contributed by atoms with E-state index < -0.39 is 40.4 Å². The molecule has 0 aliphatic heterocycles. The van der Waals surface area contributed by atoms with Gasteiger partial charge in [0.1, 0.15) is 17.5 Å². The third kappa shape index (κ3) is 6.38. The summed E-state index contributed by atoms with van der Waals surface area (Å²) < 4.78 is 96.8. The highest BCUT2D eigenvalue weighted by atomic mass is 19.4. The molecule has 0 spiro atoms. The van der Waals surface area contributed by atoms with Gasteiger partial charge in [-0.1, -0.05) is 48.4 Å². The summed E-state index contributed by atoms with van der Waals surface area (Å²) >= 11 is 0. The van der Waals surface area contributed by atoms with Crippen molar-refractivity contribution in [3.05, 3.63) is 108 Å². The number of halogens is 7. The Bertz CT molecular complexity index is 1680. The predicted octanol–water partition coefficient (Wildman–Crippen LogP) is 10.9. The lowest BCUT2D eigenvalue weighted by Crippen LogP contribution is -2.13. The molecule has 1 fully saturated rings. The van der Waals surface area contributed by atoms with Crippen molar-refractivity contribution in [2.75, 3.05) is 0 Å². The zero-order valence-electron chi connectivity index (χ0n) is 22.6. The predicted molar refractivity (Wildman–Crippen MR) is 152 cm³/mol. The van der Waals surface area contributed by atoms with E-state index in [0.717, 1.165) is 42.7 Å². The first kappa shape index (κ1) is 29.4. The molecule has 5 rings (SSSR count). The van der Waals surface area contributed by atoms with E-state index in [4.69, 9.17) is 0 Å². The van der Waals surface area contributed by atoms with Crippen molar-refractivity contribution in [2.24, 2.45) is 5.92 Å². The Hall–Kier alpha value is -4.05. The molecule has 0 amide bonds. The van der Waals surface area contributed by atoms with Crippen molar-refractivity contribution in [3.63, 3.8) is 0 Å². The molecule has 0 N–H and O–H groups in total. The Balaban J connectivity index is 1.38. The fourth-order valence-corrected chi connectivity index (χ4v) is 5.83. The van der Waals surface area contributed by atoms with Crippen LogP contribution in [0.5, 0.6) is 0 Å². The Morgan fingerprint density at radius 3 is 2.07 bits per heavy atom. The van der Waals surface area contributed by atoms with E-state index in [1.807, 2.05) is 18.2 Å². The maximum absolute atomic E-state index is 15.3. The van der Waals surface area contributed by atoms with E-state index in [1.54, 1.807) is 6.07 Å². The van der Waals surface area contributed by atoms with Gasteiger partial charge in [-0.25, -0.2) is 17.6 Å². The van der Waals surface area contributed by atoms with Crippen LogP contribution in [0.1, 0.15) is 55.6 Å². The highest BCUT2D eigenvalue weighted by Crippen LogP contribution is 2.39. The van der Waals surface area contributed by atoms with Crippen LogP contribution in [0.4, 0.5) is 30.7 Å². The van der Waals surface area contributed by atoms with Crippen LogP contribution >= 0.6 is 0 Å². The van der Waals surface area contributed by atoms with E-state index >= 15 is 4.39 Å². The average Bonchev–Trinajstić information content (AvgIpc) is 2.95. The van der Waals surface area contributed by atoms with E-state index in [0.29, 0.717) is 17.5 Å². The second-order valence-electron chi connectivity index (χ2n) is 10.8. The second-order valence-corrected chi connectivity index (χ2v) is 10.8. The first-order valence-corrected chi connectivity index (χ1v) is 13.8. The van der Waals surface area contributed by atoms with E-state index in [2.05, 4.69) is 18.7 Å². The molecule has 1 saturated carbocycles. The smallest absolute Gasteiger partial charge is 0.206 e. The molecule has 0 saturated heterocycles. The maximum atomic E-state index is 15.3. The maximum Gasteiger partial charge on any atom is 0.458 e. The summed E-state index contributed by atoms with van der Waals surface area (Å²) in [5.41, 5.74) is 1.52. The zero-order valence-corrected chi connectivity index (χ0v) is 22.6. The van der Waals surface area contributed by atoms with Crippen molar-refractivity contribution >= 4 is 10.8 Å². The minimum Gasteiger partial charge on any atom is -0.206 e. The van der Waals surface area contributed by atoms with Gasteiger partial charge in [-0.05, 0) is 102 Å². The summed E-state index contributed by atoms with van der Waals surface area (Å²) in [6.07, 6.45) is 3.93. The van der Waals surface area contributed by atoms with Crippen LogP contribution in [0.2, 0.25) is 0 Å². The molecule has 1 aliphatic rings. The van der Waals surface area contributed by atoms with Gasteiger partial charge in [-0.15, -0.1) is 6.58 Å². The van der Waals surface area contributed by atoms with Gasteiger partial charge >= 0.3 is 6.18 Å². The topological polar surface area (TPSA) is 0 Å². The molecule has 0 atom stereocenters. The van der Waals surface area contributed by atoms with Crippen LogP contribution in [-0.2, 0) is 0 Å². The van der Waals surface area contributed by atoms with Crippen LogP contribution in [0.3, 0.4) is 0 Å². The average molecular weight is 581 g/mol. The van der Waals surface area contributed by atoms with Crippen molar-refractivity contribution in [3.8, 4) is 34.1 Å². The molecule has 42 heavy (non-hydrogen) atoms. The SMILES string of the molecule is C=CCCC1CCC(c2ccc(-c3ccc(-c4cc(F)c5c(F)c(C#CC(F)(F)F)c(F)cc5c4)c(F)c3)cc2)CC1. The number of hydrogen-bond donors (Lipinski definition) is 0. The summed E-state index contributed by atoms with van der Waals surface area (Å²) in [5, 5.41) is -1.000. The van der Waals surface area contributed by atoms with Crippen LogP contribution in [0, 0.1) is 41.0 Å². The molecular formula is C35H27F7. The van der Waals surface area contributed by atoms with Crippen LogP contribution in [0.25, 0.3) is 33.0 Å². The van der Waals surface area contributed by atoms with Gasteiger partial charge in [0.15, 0.2) is 5.82 Å². The van der Waals surface area contributed by atoms with Gasteiger partial charge in [-0.3, -0.25) is 0 Å². The van der Waals surface area contributed by atoms with E-state index in [9.17, 15) is 26.3 Å². The lowest BCUT2D eigenvalue weighted by molar-refractivity contribution is -0.0696. The lowest BCUT2D eigenvalue weighted by Gasteiger charge is -2.28. The molecule has 0 radical (unpaired) electrons. The minimum absolute atomic E-state index is 0.00569. The van der Waals surface area contributed by atoms with Gasteiger partial charge in [-0.2, -0.15) is 13.2 Å². The summed E-state index contributed by atoms with van der Waals surface area (Å²) in [4.78, 5) is 0. The van der Waals surface area contributed by atoms with Crippen molar-refractivity contribution < 1.29 is 30.7 Å². The Morgan fingerprint density at radius 2 is 1.43 bits per heavy atom. The van der Waals surface area contributed by atoms with Gasteiger partial charge in [0.25, 0.3) is 0 Å². The highest BCUT2D eigenvalue weighted by molar-refractivity contribution is 5.90.